The number of allylic oxidation sites excluding steroid dienone is 2. The van der Waals surface area contributed by atoms with Gasteiger partial charge in [-0.15, -0.1) is 0 Å². The normalized spacial score (nSPS) is 20.3. The summed E-state index contributed by atoms with van der Waals surface area (Å²) in [6.07, 6.45) is 7.30. The number of carbonyl (C=O) groups is 1. The molecule has 0 saturated carbocycles. The number of rotatable bonds is 3. The van der Waals surface area contributed by atoms with E-state index in [1.165, 1.54) is 11.8 Å². The first-order chi connectivity index (χ1) is 7.13. The van der Waals surface area contributed by atoms with Gasteiger partial charge in [0, 0.05) is 0 Å². The smallest absolute Gasteiger partial charge is 0.317 e. The molecule has 1 aliphatic rings. The van der Waals surface area contributed by atoms with Crippen molar-refractivity contribution in [3.8, 4) is 0 Å². The molecule has 82 valence electrons. The molecule has 0 amide bonds. The third-order valence-electron chi connectivity index (χ3n) is 2.15. The number of aliphatic hydroxyl groups is 1. The van der Waals surface area contributed by atoms with Crippen LogP contribution >= 0.6 is 0 Å². The van der Waals surface area contributed by atoms with Crippen LogP contribution in [0.4, 0.5) is 0 Å². The zero-order chi connectivity index (χ0) is 11.3. The molecule has 0 aliphatic carbocycles. The van der Waals surface area contributed by atoms with Crippen molar-refractivity contribution in [2.45, 2.75) is 20.3 Å². The fourth-order valence-electron chi connectivity index (χ4n) is 1.29. The molecule has 0 aromatic heterocycles. The standard InChI is InChI=1S/C12H16O3/c1-9(2)3-4-11-7-10(8-13)5-6-15-12(11)14/h3,5-7,11,13H,4,8H2,1-2H3/t11-/m0/s1. The predicted molar refractivity (Wildman–Crippen MR) is 57.9 cm³/mol. The van der Waals surface area contributed by atoms with Crippen molar-refractivity contribution in [1.29, 1.82) is 0 Å². The van der Waals surface area contributed by atoms with E-state index in [0.29, 0.717) is 12.0 Å². The molecule has 0 aromatic rings. The van der Waals surface area contributed by atoms with Gasteiger partial charge in [-0.2, -0.15) is 0 Å². The Hall–Kier alpha value is -1.35. The third-order valence-corrected chi connectivity index (χ3v) is 2.15. The fraction of sp³-hybridized carbons (Fsp3) is 0.417. The number of esters is 1. The molecule has 3 heteroatoms. The Kier molecular flexibility index (Phi) is 4.31. The van der Waals surface area contributed by atoms with Crippen LogP contribution in [0, 0.1) is 5.92 Å². The van der Waals surface area contributed by atoms with Gasteiger partial charge in [0.05, 0.1) is 18.8 Å². The van der Waals surface area contributed by atoms with Crippen LogP contribution in [0.15, 0.2) is 35.6 Å². The molecule has 1 N–H and O–H groups in total. The molecule has 1 atom stereocenters. The maximum atomic E-state index is 11.5. The summed E-state index contributed by atoms with van der Waals surface area (Å²) in [5, 5.41) is 9.00. The summed E-state index contributed by atoms with van der Waals surface area (Å²) < 4.78 is 4.87. The first-order valence-corrected chi connectivity index (χ1v) is 4.95. The fourth-order valence-corrected chi connectivity index (χ4v) is 1.29. The predicted octanol–water partition coefficient (Wildman–Crippen LogP) is 1.95. The maximum absolute atomic E-state index is 11.5. The first-order valence-electron chi connectivity index (χ1n) is 4.95. The molecular formula is C12H16O3. The Morgan fingerprint density at radius 3 is 2.93 bits per heavy atom. The molecule has 0 radical (unpaired) electrons. The van der Waals surface area contributed by atoms with E-state index >= 15 is 0 Å². The van der Waals surface area contributed by atoms with Gasteiger partial charge in [-0.05, 0) is 31.9 Å². The van der Waals surface area contributed by atoms with E-state index < -0.39 is 0 Å². The lowest BCUT2D eigenvalue weighted by atomic mass is 10.0. The van der Waals surface area contributed by atoms with Crippen LogP contribution in [0.2, 0.25) is 0 Å². The Bertz CT molecular complexity index is 320. The van der Waals surface area contributed by atoms with Gasteiger partial charge in [0.2, 0.25) is 0 Å². The lowest BCUT2D eigenvalue weighted by Gasteiger charge is -2.06. The lowest BCUT2D eigenvalue weighted by Crippen LogP contribution is -2.12. The molecule has 1 heterocycles. The molecular weight excluding hydrogens is 192 g/mol. The number of hydrogen-bond donors (Lipinski definition) is 1. The molecule has 1 rings (SSSR count). The minimum Gasteiger partial charge on any atom is -0.434 e. The monoisotopic (exact) mass is 208 g/mol. The SMILES string of the molecule is CC(C)=CC[C@H]1C=C(CO)C=COC1=O. The van der Waals surface area contributed by atoms with Gasteiger partial charge in [-0.1, -0.05) is 17.7 Å². The van der Waals surface area contributed by atoms with Crippen LogP contribution in [0.3, 0.4) is 0 Å². The summed E-state index contributed by atoms with van der Waals surface area (Å²) in [6.45, 7) is 3.90. The van der Waals surface area contributed by atoms with Crippen LogP contribution in [-0.4, -0.2) is 17.7 Å². The van der Waals surface area contributed by atoms with Gasteiger partial charge in [0.15, 0.2) is 0 Å². The van der Waals surface area contributed by atoms with E-state index in [9.17, 15) is 4.79 Å². The van der Waals surface area contributed by atoms with Crippen LogP contribution in [0.1, 0.15) is 20.3 Å². The van der Waals surface area contributed by atoms with Crippen molar-refractivity contribution in [3.05, 3.63) is 35.6 Å². The van der Waals surface area contributed by atoms with Crippen molar-refractivity contribution in [2.24, 2.45) is 5.92 Å². The molecule has 15 heavy (non-hydrogen) atoms. The van der Waals surface area contributed by atoms with Gasteiger partial charge in [0.25, 0.3) is 0 Å². The van der Waals surface area contributed by atoms with Gasteiger partial charge in [-0.3, -0.25) is 4.79 Å². The summed E-state index contributed by atoms with van der Waals surface area (Å²) in [5.41, 5.74) is 1.88. The minimum absolute atomic E-state index is 0.0710. The average molecular weight is 208 g/mol. The summed E-state index contributed by atoms with van der Waals surface area (Å²) in [4.78, 5) is 11.5. The summed E-state index contributed by atoms with van der Waals surface area (Å²) in [5.74, 6) is -0.566. The minimum atomic E-state index is -0.294. The summed E-state index contributed by atoms with van der Waals surface area (Å²) in [6, 6.07) is 0. The van der Waals surface area contributed by atoms with Crippen molar-refractivity contribution >= 4 is 5.97 Å². The Morgan fingerprint density at radius 1 is 1.60 bits per heavy atom. The average Bonchev–Trinajstić information content (AvgIpc) is 2.37. The second kappa shape index (κ2) is 5.51. The number of carbonyl (C=O) groups excluding carboxylic acids is 1. The van der Waals surface area contributed by atoms with E-state index in [2.05, 4.69) is 0 Å². The first kappa shape index (κ1) is 11.7. The van der Waals surface area contributed by atoms with Crippen LogP contribution in [0.25, 0.3) is 0 Å². The van der Waals surface area contributed by atoms with E-state index in [1.54, 1.807) is 12.2 Å². The van der Waals surface area contributed by atoms with Gasteiger partial charge in [-0.25, -0.2) is 0 Å². The Morgan fingerprint density at radius 2 is 2.33 bits per heavy atom. The van der Waals surface area contributed by atoms with Crippen molar-refractivity contribution in [3.63, 3.8) is 0 Å². The van der Waals surface area contributed by atoms with E-state index in [1.807, 2.05) is 19.9 Å². The second-order valence-corrected chi connectivity index (χ2v) is 3.76. The lowest BCUT2D eigenvalue weighted by molar-refractivity contribution is -0.140. The Balaban J connectivity index is 2.76. The molecule has 1 aliphatic heterocycles. The molecule has 0 aromatic carbocycles. The largest absolute Gasteiger partial charge is 0.434 e. The molecule has 0 saturated heterocycles. The van der Waals surface area contributed by atoms with Crippen LogP contribution in [0.5, 0.6) is 0 Å². The van der Waals surface area contributed by atoms with Crippen LogP contribution < -0.4 is 0 Å². The highest BCUT2D eigenvalue weighted by atomic mass is 16.5. The third kappa shape index (κ3) is 3.72. The van der Waals surface area contributed by atoms with E-state index in [0.717, 1.165) is 0 Å². The topological polar surface area (TPSA) is 46.5 Å². The molecule has 3 nitrogen and oxygen atoms in total. The number of aliphatic hydroxyl groups excluding tert-OH is 1. The van der Waals surface area contributed by atoms with Gasteiger partial charge < -0.3 is 9.84 Å². The molecule has 0 bridgehead atoms. The number of cyclic esters (lactones) is 1. The zero-order valence-electron chi connectivity index (χ0n) is 9.06. The maximum Gasteiger partial charge on any atom is 0.317 e. The van der Waals surface area contributed by atoms with Gasteiger partial charge >= 0.3 is 5.97 Å². The summed E-state index contributed by atoms with van der Waals surface area (Å²) >= 11 is 0. The second-order valence-electron chi connectivity index (χ2n) is 3.76. The summed E-state index contributed by atoms with van der Waals surface area (Å²) in [7, 11) is 0. The van der Waals surface area contributed by atoms with Gasteiger partial charge in [0.1, 0.15) is 0 Å². The van der Waals surface area contributed by atoms with Crippen molar-refractivity contribution < 1.29 is 14.6 Å². The quantitative estimate of drug-likeness (QED) is 0.569. The van der Waals surface area contributed by atoms with E-state index in [-0.39, 0.29) is 18.5 Å². The molecule has 0 spiro atoms. The highest BCUT2D eigenvalue weighted by Gasteiger charge is 2.18. The molecule has 0 fully saturated rings. The highest BCUT2D eigenvalue weighted by molar-refractivity contribution is 5.76. The van der Waals surface area contributed by atoms with Crippen molar-refractivity contribution in [2.75, 3.05) is 6.61 Å². The highest BCUT2D eigenvalue weighted by Crippen LogP contribution is 2.16. The zero-order valence-corrected chi connectivity index (χ0v) is 9.06. The number of hydrogen-bond acceptors (Lipinski definition) is 3. The van der Waals surface area contributed by atoms with Crippen molar-refractivity contribution in [1.82, 2.24) is 0 Å². The van der Waals surface area contributed by atoms with Crippen LogP contribution in [-0.2, 0) is 9.53 Å². The Labute approximate surface area is 89.7 Å². The molecule has 0 unspecified atom stereocenters. The van der Waals surface area contributed by atoms with E-state index in [4.69, 9.17) is 9.84 Å². The number of ether oxygens (including phenoxy) is 1.